The van der Waals surface area contributed by atoms with E-state index < -0.39 is 6.10 Å². The second kappa shape index (κ2) is 4.14. The first kappa shape index (κ1) is 11.3. The monoisotopic (exact) mass is 251 g/mol. The van der Waals surface area contributed by atoms with Crippen molar-refractivity contribution in [2.45, 2.75) is 25.0 Å². The lowest BCUT2D eigenvalue weighted by molar-refractivity contribution is 0.127. The maximum absolute atomic E-state index is 11.5. The van der Waals surface area contributed by atoms with Crippen LogP contribution in [0.25, 0.3) is 11.2 Å². The Labute approximate surface area is 101 Å². The van der Waals surface area contributed by atoms with Crippen LogP contribution in [0.15, 0.2) is 11.1 Å². The zero-order chi connectivity index (χ0) is 12.7. The van der Waals surface area contributed by atoms with E-state index in [2.05, 4.69) is 20.3 Å². The summed E-state index contributed by atoms with van der Waals surface area (Å²) in [5, 5.41) is 26.8. The molecule has 3 rings (SSSR count). The summed E-state index contributed by atoms with van der Waals surface area (Å²) in [5.74, 6) is 0.0475. The predicted octanol–water partition coefficient (Wildman–Crippen LogP) is -1.18. The van der Waals surface area contributed by atoms with Gasteiger partial charge in [-0.15, -0.1) is 5.10 Å². The van der Waals surface area contributed by atoms with Crippen molar-refractivity contribution in [3.63, 3.8) is 0 Å². The second-order valence-corrected chi connectivity index (χ2v) is 4.59. The van der Waals surface area contributed by atoms with Crippen LogP contribution in [0.4, 0.5) is 0 Å². The van der Waals surface area contributed by atoms with E-state index in [9.17, 15) is 9.90 Å². The lowest BCUT2D eigenvalue weighted by atomic mass is 10.1. The van der Waals surface area contributed by atoms with Gasteiger partial charge in [-0.2, -0.15) is 0 Å². The largest absolute Gasteiger partial charge is 0.396 e. The van der Waals surface area contributed by atoms with Gasteiger partial charge in [-0.25, -0.2) is 9.67 Å². The second-order valence-electron chi connectivity index (χ2n) is 4.59. The molecule has 0 saturated heterocycles. The SMILES string of the molecule is O=c1[nH]cnc2c1nnn2C1CC(CO)CC1O. The van der Waals surface area contributed by atoms with E-state index in [1.54, 1.807) is 0 Å². The smallest absolute Gasteiger partial charge is 0.280 e. The molecule has 1 aliphatic carbocycles. The number of aromatic amines is 1. The summed E-state index contributed by atoms with van der Waals surface area (Å²) < 4.78 is 1.48. The molecule has 0 bridgehead atoms. The van der Waals surface area contributed by atoms with Crippen molar-refractivity contribution < 1.29 is 10.2 Å². The van der Waals surface area contributed by atoms with Crippen molar-refractivity contribution in [2.75, 3.05) is 6.61 Å². The van der Waals surface area contributed by atoms with Crippen molar-refractivity contribution in [1.29, 1.82) is 0 Å². The van der Waals surface area contributed by atoms with E-state index in [4.69, 9.17) is 5.11 Å². The summed E-state index contributed by atoms with van der Waals surface area (Å²) in [7, 11) is 0. The molecule has 1 aliphatic rings. The number of nitrogens with zero attached hydrogens (tertiary/aromatic N) is 4. The topological polar surface area (TPSA) is 117 Å². The normalized spacial score (nSPS) is 28.0. The third kappa shape index (κ3) is 1.61. The number of aliphatic hydroxyl groups is 2. The van der Waals surface area contributed by atoms with Crippen LogP contribution in [0, 0.1) is 5.92 Å². The van der Waals surface area contributed by atoms with E-state index in [0.29, 0.717) is 18.5 Å². The van der Waals surface area contributed by atoms with Crippen LogP contribution in [-0.2, 0) is 0 Å². The fourth-order valence-electron chi connectivity index (χ4n) is 2.50. The van der Waals surface area contributed by atoms with Crippen molar-refractivity contribution in [1.82, 2.24) is 25.0 Å². The van der Waals surface area contributed by atoms with E-state index in [-0.39, 0.29) is 29.6 Å². The van der Waals surface area contributed by atoms with Gasteiger partial charge >= 0.3 is 0 Å². The standard InChI is InChI=1S/C10H13N5O3/c16-3-5-1-6(7(17)2-5)15-9-8(13-14-15)10(18)12-4-11-9/h4-7,16-17H,1-3H2,(H,11,12,18). The lowest BCUT2D eigenvalue weighted by Crippen LogP contribution is -2.20. The number of fused-ring (bicyclic) bond motifs is 1. The number of aliphatic hydroxyl groups excluding tert-OH is 2. The molecule has 1 saturated carbocycles. The lowest BCUT2D eigenvalue weighted by Gasteiger charge is -2.14. The molecule has 0 radical (unpaired) electrons. The van der Waals surface area contributed by atoms with Gasteiger partial charge in [-0.3, -0.25) is 4.79 Å². The molecule has 0 spiro atoms. The molecule has 18 heavy (non-hydrogen) atoms. The van der Waals surface area contributed by atoms with Crippen LogP contribution in [0.5, 0.6) is 0 Å². The average molecular weight is 251 g/mol. The quantitative estimate of drug-likeness (QED) is 0.618. The minimum atomic E-state index is -0.604. The van der Waals surface area contributed by atoms with Gasteiger partial charge in [0.25, 0.3) is 5.56 Å². The average Bonchev–Trinajstić information content (AvgIpc) is 2.93. The molecular weight excluding hydrogens is 238 g/mol. The van der Waals surface area contributed by atoms with Crippen molar-refractivity contribution in [3.05, 3.63) is 16.7 Å². The Kier molecular flexibility index (Phi) is 2.60. The van der Waals surface area contributed by atoms with Crippen LogP contribution in [0.2, 0.25) is 0 Å². The minimum absolute atomic E-state index is 0.0359. The van der Waals surface area contributed by atoms with Crippen molar-refractivity contribution in [3.8, 4) is 0 Å². The Morgan fingerprint density at radius 3 is 3.06 bits per heavy atom. The zero-order valence-electron chi connectivity index (χ0n) is 9.52. The zero-order valence-corrected chi connectivity index (χ0v) is 9.52. The molecule has 0 aromatic carbocycles. The van der Waals surface area contributed by atoms with Gasteiger partial charge in [0.05, 0.1) is 18.5 Å². The highest BCUT2D eigenvalue weighted by Crippen LogP contribution is 2.34. The number of rotatable bonds is 2. The van der Waals surface area contributed by atoms with Gasteiger partial charge in [0.1, 0.15) is 0 Å². The van der Waals surface area contributed by atoms with E-state index >= 15 is 0 Å². The summed E-state index contributed by atoms with van der Waals surface area (Å²) >= 11 is 0. The third-order valence-electron chi connectivity index (χ3n) is 3.43. The summed E-state index contributed by atoms with van der Waals surface area (Å²) in [4.78, 5) is 18.0. The molecular formula is C10H13N5O3. The van der Waals surface area contributed by atoms with Crippen LogP contribution in [0.1, 0.15) is 18.9 Å². The predicted molar refractivity (Wildman–Crippen MR) is 60.8 cm³/mol. The van der Waals surface area contributed by atoms with Crippen LogP contribution < -0.4 is 5.56 Å². The highest BCUT2D eigenvalue weighted by atomic mass is 16.3. The number of hydrogen-bond donors (Lipinski definition) is 3. The highest BCUT2D eigenvalue weighted by molar-refractivity contribution is 5.67. The maximum atomic E-state index is 11.5. The molecule has 0 aliphatic heterocycles. The van der Waals surface area contributed by atoms with Gasteiger partial charge in [0.2, 0.25) is 0 Å². The van der Waals surface area contributed by atoms with Crippen LogP contribution in [-0.4, -0.2) is 47.9 Å². The first-order chi connectivity index (χ1) is 8.70. The first-order valence-electron chi connectivity index (χ1n) is 5.78. The number of H-pyrrole nitrogens is 1. The van der Waals surface area contributed by atoms with Gasteiger partial charge in [-0.05, 0) is 18.8 Å². The van der Waals surface area contributed by atoms with Gasteiger partial charge in [-0.1, -0.05) is 5.21 Å². The van der Waals surface area contributed by atoms with Crippen LogP contribution >= 0.6 is 0 Å². The van der Waals surface area contributed by atoms with Crippen molar-refractivity contribution in [2.24, 2.45) is 5.92 Å². The summed E-state index contributed by atoms with van der Waals surface area (Å²) in [6.45, 7) is 0.0359. The fourth-order valence-corrected chi connectivity index (χ4v) is 2.50. The number of hydrogen-bond acceptors (Lipinski definition) is 6. The molecule has 0 amide bonds. The van der Waals surface area contributed by atoms with E-state index in [1.807, 2.05) is 0 Å². The molecule has 3 unspecified atom stereocenters. The highest BCUT2D eigenvalue weighted by Gasteiger charge is 2.35. The first-order valence-corrected chi connectivity index (χ1v) is 5.78. The Bertz CT molecular complexity index is 621. The summed E-state index contributed by atoms with van der Waals surface area (Å²) in [6.07, 6.45) is 1.80. The van der Waals surface area contributed by atoms with Crippen LogP contribution in [0.3, 0.4) is 0 Å². The molecule has 3 N–H and O–H groups in total. The van der Waals surface area contributed by atoms with Crippen molar-refractivity contribution >= 4 is 11.2 Å². The molecule has 8 nitrogen and oxygen atoms in total. The fraction of sp³-hybridized carbons (Fsp3) is 0.600. The van der Waals surface area contributed by atoms with E-state index in [1.165, 1.54) is 11.0 Å². The Morgan fingerprint density at radius 1 is 1.50 bits per heavy atom. The Morgan fingerprint density at radius 2 is 2.33 bits per heavy atom. The number of aromatic nitrogens is 5. The summed E-state index contributed by atoms with van der Waals surface area (Å²) in [6, 6.07) is -0.290. The third-order valence-corrected chi connectivity index (χ3v) is 3.43. The molecule has 8 heteroatoms. The van der Waals surface area contributed by atoms with E-state index in [0.717, 1.165) is 0 Å². The maximum Gasteiger partial charge on any atom is 0.280 e. The van der Waals surface area contributed by atoms with Gasteiger partial charge < -0.3 is 15.2 Å². The molecule has 3 atom stereocenters. The molecule has 2 heterocycles. The summed E-state index contributed by atoms with van der Waals surface area (Å²) in [5.41, 5.74) is 0.177. The Balaban J connectivity index is 2.05. The molecule has 96 valence electrons. The minimum Gasteiger partial charge on any atom is -0.396 e. The number of nitrogens with one attached hydrogen (secondary N) is 1. The Hall–Kier alpha value is -1.80. The molecule has 1 fully saturated rings. The van der Waals surface area contributed by atoms with Gasteiger partial charge in [0.15, 0.2) is 11.2 Å². The molecule has 2 aromatic heterocycles. The van der Waals surface area contributed by atoms with Gasteiger partial charge in [0, 0.05) is 6.61 Å². The molecule has 2 aromatic rings.